The zero-order chi connectivity index (χ0) is 14.6. The Labute approximate surface area is 118 Å². The zero-order valence-corrected chi connectivity index (χ0v) is 11.8. The molecule has 5 heteroatoms. The van der Waals surface area contributed by atoms with Gasteiger partial charge in [-0.25, -0.2) is 5.43 Å². The summed E-state index contributed by atoms with van der Waals surface area (Å²) in [5.74, 6) is -0.330. The molecule has 2 aromatic rings. The molecule has 2 rings (SSSR count). The maximum Gasteiger partial charge on any atom is 0.291 e. The Balaban J connectivity index is 1.99. The lowest BCUT2D eigenvalue weighted by atomic mass is 9.92. The van der Waals surface area contributed by atoms with E-state index in [0.29, 0.717) is 5.69 Å². The van der Waals surface area contributed by atoms with Crippen LogP contribution in [0.1, 0.15) is 42.5 Å². The maximum absolute atomic E-state index is 11.9. The van der Waals surface area contributed by atoms with Gasteiger partial charge in [0.2, 0.25) is 0 Å². The number of H-pyrrole nitrogens is 1. The molecule has 1 aromatic heterocycles. The molecular weight excluding hydrogens is 252 g/mol. The second-order valence-corrected chi connectivity index (χ2v) is 5.53. The molecule has 0 aliphatic heterocycles. The zero-order valence-electron chi connectivity index (χ0n) is 11.8. The Hall–Kier alpha value is -2.43. The van der Waals surface area contributed by atoms with Gasteiger partial charge in [-0.05, 0) is 11.6 Å². The van der Waals surface area contributed by atoms with Gasteiger partial charge in [-0.1, -0.05) is 51.1 Å². The van der Waals surface area contributed by atoms with Crippen LogP contribution in [0.5, 0.6) is 0 Å². The molecule has 2 N–H and O–H groups in total. The van der Waals surface area contributed by atoms with Crippen molar-refractivity contribution in [1.29, 1.82) is 0 Å². The van der Waals surface area contributed by atoms with E-state index >= 15 is 0 Å². The fraction of sp³-hybridized carbons (Fsp3) is 0.267. The molecule has 20 heavy (non-hydrogen) atoms. The lowest BCUT2D eigenvalue weighted by Crippen LogP contribution is -2.18. The van der Waals surface area contributed by atoms with Gasteiger partial charge in [0.1, 0.15) is 0 Å². The Bertz CT molecular complexity index is 608. The molecular formula is C15H18N4O. The van der Waals surface area contributed by atoms with Gasteiger partial charge in [-0.15, -0.1) is 0 Å². The van der Waals surface area contributed by atoms with E-state index in [-0.39, 0.29) is 11.3 Å². The Kier molecular flexibility index (Phi) is 3.98. The third-order valence-electron chi connectivity index (χ3n) is 2.80. The summed E-state index contributed by atoms with van der Waals surface area (Å²) in [5, 5.41) is 10.8. The molecule has 0 aliphatic carbocycles. The summed E-state index contributed by atoms with van der Waals surface area (Å²) in [6.45, 7) is 6.15. The van der Waals surface area contributed by atoms with Crippen LogP contribution in [0.25, 0.3) is 0 Å². The number of nitrogens with zero attached hydrogens (tertiary/aromatic N) is 2. The van der Waals surface area contributed by atoms with Crippen LogP contribution >= 0.6 is 0 Å². The van der Waals surface area contributed by atoms with E-state index in [9.17, 15) is 4.79 Å². The van der Waals surface area contributed by atoms with Gasteiger partial charge < -0.3 is 0 Å². The Morgan fingerprint density at radius 3 is 2.60 bits per heavy atom. The Morgan fingerprint density at radius 2 is 2.00 bits per heavy atom. The van der Waals surface area contributed by atoms with Gasteiger partial charge in [0.25, 0.3) is 5.91 Å². The predicted octanol–water partition coefficient (Wildman–Crippen LogP) is 2.47. The third kappa shape index (κ3) is 3.54. The van der Waals surface area contributed by atoms with E-state index in [1.807, 2.05) is 30.3 Å². The number of benzene rings is 1. The minimum absolute atomic E-state index is 0.0706. The summed E-state index contributed by atoms with van der Waals surface area (Å²) in [6, 6.07) is 11.3. The number of aromatic nitrogens is 2. The van der Waals surface area contributed by atoms with Gasteiger partial charge in [0.05, 0.1) is 6.21 Å². The lowest BCUT2D eigenvalue weighted by Gasteiger charge is -2.14. The van der Waals surface area contributed by atoms with Crippen molar-refractivity contribution in [2.45, 2.75) is 26.2 Å². The first-order chi connectivity index (χ1) is 9.47. The van der Waals surface area contributed by atoms with E-state index in [2.05, 4.69) is 41.5 Å². The molecule has 0 radical (unpaired) electrons. The van der Waals surface area contributed by atoms with Crippen molar-refractivity contribution in [3.05, 3.63) is 53.3 Å². The number of hydrogen-bond acceptors (Lipinski definition) is 3. The van der Waals surface area contributed by atoms with E-state index in [1.165, 1.54) is 0 Å². The van der Waals surface area contributed by atoms with Gasteiger partial charge in [0.15, 0.2) is 5.69 Å². The molecule has 0 saturated carbocycles. The van der Waals surface area contributed by atoms with Crippen LogP contribution in [0, 0.1) is 0 Å². The van der Waals surface area contributed by atoms with Crippen molar-refractivity contribution in [3.63, 3.8) is 0 Å². The quantitative estimate of drug-likeness (QED) is 0.664. The summed E-state index contributed by atoms with van der Waals surface area (Å²) in [5.41, 5.74) is 4.56. The van der Waals surface area contributed by atoms with Crippen molar-refractivity contribution in [2.24, 2.45) is 5.10 Å². The largest absolute Gasteiger partial charge is 0.291 e. The second kappa shape index (κ2) is 5.69. The Morgan fingerprint density at radius 1 is 1.30 bits per heavy atom. The van der Waals surface area contributed by atoms with E-state index in [4.69, 9.17) is 0 Å². The molecule has 5 nitrogen and oxygen atoms in total. The van der Waals surface area contributed by atoms with Gasteiger partial charge >= 0.3 is 0 Å². The number of aromatic amines is 1. The highest BCUT2D eigenvalue weighted by molar-refractivity contribution is 5.93. The van der Waals surface area contributed by atoms with Crippen molar-refractivity contribution in [2.75, 3.05) is 0 Å². The van der Waals surface area contributed by atoms with Crippen molar-refractivity contribution in [1.82, 2.24) is 15.6 Å². The van der Waals surface area contributed by atoms with Crippen molar-refractivity contribution < 1.29 is 4.79 Å². The minimum atomic E-state index is -0.330. The van der Waals surface area contributed by atoms with E-state index < -0.39 is 0 Å². The topological polar surface area (TPSA) is 70.1 Å². The molecule has 0 bridgehead atoms. The normalized spacial score (nSPS) is 11.8. The minimum Gasteiger partial charge on any atom is -0.281 e. The van der Waals surface area contributed by atoms with Crippen LogP contribution < -0.4 is 5.43 Å². The first kappa shape index (κ1) is 14.0. The molecule has 0 spiro atoms. The highest BCUT2D eigenvalue weighted by atomic mass is 16.2. The van der Waals surface area contributed by atoms with Crippen molar-refractivity contribution in [3.8, 4) is 0 Å². The number of hydrogen-bond donors (Lipinski definition) is 2. The molecule has 0 atom stereocenters. The number of nitrogens with one attached hydrogen (secondary N) is 2. The monoisotopic (exact) mass is 270 g/mol. The molecule has 0 unspecified atom stereocenters. The summed E-state index contributed by atoms with van der Waals surface area (Å²) < 4.78 is 0. The number of rotatable bonds is 3. The lowest BCUT2D eigenvalue weighted by molar-refractivity contribution is 0.0950. The van der Waals surface area contributed by atoms with Crippen LogP contribution in [-0.2, 0) is 5.41 Å². The van der Waals surface area contributed by atoms with E-state index in [0.717, 1.165) is 11.3 Å². The molecule has 104 valence electrons. The fourth-order valence-electron chi connectivity index (χ4n) is 1.58. The van der Waals surface area contributed by atoms with Crippen LogP contribution in [0.2, 0.25) is 0 Å². The highest BCUT2D eigenvalue weighted by Gasteiger charge is 2.18. The summed E-state index contributed by atoms with van der Waals surface area (Å²) in [4.78, 5) is 11.9. The molecule has 0 fully saturated rings. The first-order valence-electron chi connectivity index (χ1n) is 6.41. The number of carbonyl (C=O) groups is 1. The maximum atomic E-state index is 11.9. The van der Waals surface area contributed by atoms with Crippen LogP contribution in [0.3, 0.4) is 0 Å². The van der Waals surface area contributed by atoms with Crippen LogP contribution in [0.4, 0.5) is 0 Å². The fourth-order valence-corrected chi connectivity index (χ4v) is 1.58. The summed E-state index contributed by atoms with van der Waals surface area (Å²) >= 11 is 0. The SMILES string of the molecule is CC(C)(C)c1cc(C(=O)N/N=C\c2ccccc2)n[nH]1. The van der Waals surface area contributed by atoms with Gasteiger partial charge in [-0.2, -0.15) is 10.2 Å². The standard InChI is InChI=1S/C15H18N4O/c1-15(2,3)13-9-12(17-18-13)14(20)19-16-10-11-7-5-4-6-8-11/h4-10H,1-3H3,(H,17,18)(H,19,20)/b16-10-. The van der Waals surface area contributed by atoms with Gasteiger partial charge in [-0.3, -0.25) is 9.89 Å². The molecule has 1 heterocycles. The molecule has 0 saturated heterocycles. The van der Waals surface area contributed by atoms with Crippen LogP contribution in [-0.4, -0.2) is 22.3 Å². The molecule has 1 aromatic carbocycles. The number of amides is 1. The van der Waals surface area contributed by atoms with Crippen molar-refractivity contribution >= 4 is 12.1 Å². The average Bonchev–Trinajstić information content (AvgIpc) is 2.89. The van der Waals surface area contributed by atoms with E-state index in [1.54, 1.807) is 12.3 Å². The third-order valence-corrected chi connectivity index (χ3v) is 2.80. The summed E-state index contributed by atoms with van der Waals surface area (Å²) in [6.07, 6.45) is 1.59. The summed E-state index contributed by atoms with van der Waals surface area (Å²) in [7, 11) is 0. The van der Waals surface area contributed by atoms with Gasteiger partial charge in [0, 0.05) is 11.1 Å². The highest BCUT2D eigenvalue weighted by Crippen LogP contribution is 2.20. The first-order valence-corrected chi connectivity index (χ1v) is 6.41. The molecule has 1 amide bonds. The molecule has 0 aliphatic rings. The van der Waals surface area contributed by atoms with Crippen LogP contribution in [0.15, 0.2) is 41.5 Å². The second-order valence-electron chi connectivity index (χ2n) is 5.53. The predicted molar refractivity (Wildman–Crippen MR) is 78.8 cm³/mol. The smallest absolute Gasteiger partial charge is 0.281 e. The number of hydrazone groups is 1. The number of carbonyl (C=O) groups excluding carboxylic acids is 1. The average molecular weight is 270 g/mol.